The summed E-state index contributed by atoms with van der Waals surface area (Å²) in [5.74, 6) is 0. The van der Waals surface area contributed by atoms with Crippen LogP contribution in [0.1, 0.15) is 0 Å². The van der Waals surface area contributed by atoms with E-state index in [0.29, 0.717) is 0 Å². The molecule has 0 spiro atoms. The average molecular weight is 202 g/mol. The van der Waals surface area contributed by atoms with E-state index in [-0.39, 0.29) is 12.4 Å². The van der Waals surface area contributed by atoms with Crippen LogP contribution in [0.4, 0.5) is 0 Å². The fourth-order valence-electron chi connectivity index (χ4n) is 0. The number of rotatable bonds is 0. The maximum atomic E-state index is 8.05. The first-order chi connectivity index (χ1) is 2.94. The first kappa shape index (κ1) is 11.8. The number of aliphatic hydroxyl groups excluding tert-OH is 1. The highest BCUT2D eigenvalue weighted by Crippen LogP contribution is 2.28. The van der Waals surface area contributed by atoms with Crippen LogP contribution < -0.4 is 0 Å². The Morgan fingerprint density at radius 2 is 1.25 bits per heavy atom. The molecule has 0 amide bonds. The van der Waals surface area contributed by atoms with Crippen LogP contribution in [0.5, 0.6) is 0 Å². The van der Waals surface area contributed by atoms with Crippen molar-refractivity contribution >= 4 is 47.2 Å². The van der Waals surface area contributed by atoms with Crippen molar-refractivity contribution in [2.24, 2.45) is 0 Å². The average Bonchev–Trinajstić information content (AvgIpc) is 1.31. The van der Waals surface area contributed by atoms with E-state index in [4.69, 9.17) is 45.0 Å². The smallest absolute Gasteiger partial charge is 0.240 e. The van der Waals surface area contributed by atoms with Crippen molar-refractivity contribution in [1.29, 1.82) is 0 Å². The Hall–Kier alpha value is 1.08. The summed E-state index contributed by atoms with van der Waals surface area (Å²) in [4.78, 5) is 0. The Bertz CT molecular complexity index is 57.5. The molecule has 0 radical (unpaired) electrons. The van der Waals surface area contributed by atoms with Gasteiger partial charge in [-0.3, -0.25) is 0 Å². The van der Waals surface area contributed by atoms with Gasteiger partial charge in [-0.1, -0.05) is 34.8 Å². The zero-order valence-electron chi connectivity index (χ0n) is 3.51. The normalized spacial score (nSPS) is 11.2. The van der Waals surface area contributed by atoms with E-state index < -0.39 is 10.1 Å². The summed E-state index contributed by atoms with van der Waals surface area (Å²) in [6.45, 7) is 0. The monoisotopic (exact) mass is 200 g/mol. The van der Waals surface area contributed by atoms with Crippen LogP contribution >= 0.6 is 47.2 Å². The zero-order chi connectivity index (χ0) is 6.08. The molecule has 0 atom stereocenters. The number of hydrogen-bond donors (Lipinski definition) is 2. The Labute approximate surface area is 67.8 Å². The van der Waals surface area contributed by atoms with Crippen LogP contribution in [-0.4, -0.2) is 20.3 Å². The van der Waals surface area contributed by atoms with Crippen LogP contribution in [0, 0.1) is 0 Å². The van der Waals surface area contributed by atoms with E-state index in [2.05, 4.69) is 0 Å². The molecule has 0 rings (SSSR count). The van der Waals surface area contributed by atoms with Crippen LogP contribution in [0.2, 0.25) is 0 Å². The lowest BCUT2D eigenvalue weighted by Gasteiger charge is -2.10. The lowest BCUT2D eigenvalue weighted by atomic mass is 10.8. The topological polar surface area (TPSA) is 40.5 Å². The van der Waals surface area contributed by atoms with Gasteiger partial charge in [-0.2, -0.15) is 0 Å². The van der Waals surface area contributed by atoms with Crippen molar-refractivity contribution in [1.82, 2.24) is 0 Å². The molecule has 0 aromatic carbocycles. The lowest BCUT2D eigenvalue weighted by Crippen LogP contribution is -2.23. The molecule has 2 N–H and O–H groups in total. The molecule has 0 aliphatic heterocycles. The number of aliphatic hydroxyl groups is 2. The maximum absolute atomic E-state index is 8.05. The van der Waals surface area contributed by atoms with Gasteiger partial charge in [-0.15, -0.1) is 12.4 Å². The molecule has 0 aromatic heterocycles. The van der Waals surface area contributed by atoms with E-state index >= 15 is 0 Å². The van der Waals surface area contributed by atoms with Crippen molar-refractivity contribution in [3.63, 3.8) is 0 Å². The van der Waals surface area contributed by atoms with Gasteiger partial charge in [0.2, 0.25) is 3.79 Å². The molecule has 0 aliphatic rings. The van der Waals surface area contributed by atoms with Gasteiger partial charge in [-0.05, 0) is 0 Å². The van der Waals surface area contributed by atoms with Gasteiger partial charge in [-0.25, -0.2) is 0 Å². The highest BCUT2D eigenvalue weighted by Gasteiger charge is 2.28. The summed E-state index contributed by atoms with van der Waals surface area (Å²) in [5.41, 5.74) is 0. The van der Waals surface area contributed by atoms with Gasteiger partial charge in [0.1, 0.15) is 0 Å². The third kappa shape index (κ3) is 5.22. The molecule has 0 unspecified atom stereocenters. The van der Waals surface area contributed by atoms with Crippen molar-refractivity contribution in [2.45, 2.75) is 10.1 Å². The summed E-state index contributed by atoms with van der Waals surface area (Å²) in [5, 5.41) is 16.1. The molecule has 0 bridgehead atoms. The van der Waals surface area contributed by atoms with Crippen molar-refractivity contribution < 1.29 is 10.2 Å². The number of halogens is 4. The Balaban J connectivity index is 0. The van der Waals surface area contributed by atoms with Crippen LogP contribution in [0.3, 0.4) is 0 Å². The van der Waals surface area contributed by atoms with E-state index in [1.165, 1.54) is 0 Å². The summed E-state index contributed by atoms with van der Waals surface area (Å²) in [7, 11) is 0. The SMILES string of the molecule is Cl.OC(O)C(Cl)(Cl)Cl. The lowest BCUT2D eigenvalue weighted by molar-refractivity contribution is -0.0355. The number of hydrogen-bond acceptors (Lipinski definition) is 2. The quantitative estimate of drug-likeness (QED) is 0.455. The molecule has 8 heavy (non-hydrogen) atoms. The molecule has 52 valence electrons. The summed E-state index contributed by atoms with van der Waals surface area (Å²) < 4.78 is -1.97. The van der Waals surface area contributed by atoms with Crippen LogP contribution in [0.15, 0.2) is 0 Å². The Kier molecular flexibility index (Phi) is 5.89. The van der Waals surface area contributed by atoms with Crippen molar-refractivity contribution in [2.75, 3.05) is 0 Å². The third-order valence-corrected chi connectivity index (χ3v) is 0.878. The second-order valence-corrected chi connectivity index (χ2v) is 3.28. The zero-order valence-corrected chi connectivity index (χ0v) is 6.60. The highest BCUT2D eigenvalue weighted by atomic mass is 35.6. The largest absolute Gasteiger partial charge is 0.365 e. The molecule has 2 nitrogen and oxygen atoms in total. The maximum Gasteiger partial charge on any atom is 0.240 e. The summed E-state index contributed by atoms with van der Waals surface area (Å²) in [6.07, 6.45) is -1.91. The number of alkyl halides is 3. The van der Waals surface area contributed by atoms with Gasteiger partial charge in [0, 0.05) is 0 Å². The molecule has 0 aliphatic carbocycles. The molecule has 0 saturated heterocycles. The minimum atomic E-state index is -1.97. The van der Waals surface area contributed by atoms with Gasteiger partial charge < -0.3 is 10.2 Å². The van der Waals surface area contributed by atoms with Gasteiger partial charge in [0.15, 0.2) is 6.29 Å². The highest BCUT2D eigenvalue weighted by molar-refractivity contribution is 6.67. The molecule has 0 saturated carbocycles. The molecule has 0 aromatic rings. The van der Waals surface area contributed by atoms with Crippen LogP contribution in [0.25, 0.3) is 0 Å². The first-order valence-corrected chi connectivity index (χ1v) is 2.51. The Morgan fingerprint density at radius 1 is 1.12 bits per heavy atom. The molecular weight excluding hydrogens is 198 g/mol. The minimum Gasteiger partial charge on any atom is -0.365 e. The molecular formula is C2H4Cl4O2. The molecule has 0 fully saturated rings. The molecule has 6 heteroatoms. The minimum absolute atomic E-state index is 0. The Morgan fingerprint density at radius 3 is 1.25 bits per heavy atom. The van der Waals surface area contributed by atoms with E-state index in [9.17, 15) is 0 Å². The van der Waals surface area contributed by atoms with E-state index in [1.54, 1.807) is 0 Å². The predicted octanol–water partition coefficient (Wildman–Crippen LogP) is 1.09. The third-order valence-electron chi connectivity index (χ3n) is 0.293. The second kappa shape index (κ2) is 3.99. The van der Waals surface area contributed by atoms with Crippen molar-refractivity contribution in [3.05, 3.63) is 0 Å². The fraction of sp³-hybridized carbons (Fsp3) is 1.00. The van der Waals surface area contributed by atoms with E-state index in [1.807, 2.05) is 0 Å². The molecule has 0 heterocycles. The standard InChI is InChI=1S/C2H3Cl3O2.ClH/c3-2(4,5)1(6)7;/h1,6-7H;1H. The summed E-state index contributed by atoms with van der Waals surface area (Å²) >= 11 is 14.7. The predicted molar refractivity (Wildman–Crippen MR) is 35.8 cm³/mol. The second-order valence-electron chi connectivity index (χ2n) is 0.915. The van der Waals surface area contributed by atoms with Gasteiger partial charge >= 0.3 is 0 Å². The first-order valence-electron chi connectivity index (χ1n) is 1.37. The van der Waals surface area contributed by atoms with E-state index in [0.717, 1.165) is 0 Å². The van der Waals surface area contributed by atoms with Crippen LogP contribution in [-0.2, 0) is 0 Å². The van der Waals surface area contributed by atoms with Crippen molar-refractivity contribution in [3.8, 4) is 0 Å². The summed E-state index contributed by atoms with van der Waals surface area (Å²) in [6, 6.07) is 0. The van der Waals surface area contributed by atoms with Gasteiger partial charge in [0.05, 0.1) is 0 Å². The van der Waals surface area contributed by atoms with Gasteiger partial charge in [0.25, 0.3) is 0 Å². The fourth-order valence-corrected chi connectivity index (χ4v) is 0.